The first kappa shape index (κ1) is 13.5. The third-order valence-corrected chi connectivity index (χ3v) is 3.62. The first-order chi connectivity index (χ1) is 9.11. The summed E-state index contributed by atoms with van der Waals surface area (Å²) in [4.78, 5) is 16.9. The molecule has 0 bridgehead atoms. The number of nitrogens with two attached hydrogens (primary N) is 1. The van der Waals surface area contributed by atoms with Crippen LogP contribution in [0.3, 0.4) is 0 Å². The van der Waals surface area contributed by atoms with Gasteiger partial charge in [0.25, 0.3) is 0 Å². The summed E-state index contributed by atoms with van der Waals surface area (Å²) >= 11 is 1.59. The van der Waals surface area contributed by atoms with Gasteiger partial charge in [-0.05, 0) is 31.4 Å². The molecule has 0 fully saturated rings. The molecule has 2 N–H and O–H groups in total. The minimum Gasteiger partial charge on any atom is -0.320 e. The molecule has 0 atom stereocenters. The third kappa shape index (κ3) is 3.11. The minimum atomic E-state index is -0.219. The van der Waals surface area contributed by atoms with E-state index in [1.54, 1.807) is 15.9 Å². The fraction of sp³-hybridized carbons (Fsp3) is 0.286. The average Bonchev–Trinajstić information content (AvgIpc) is 2.78. The summed E-state index contributed by atoms with van der Waals surface area (Å²) in [5.41, 5.74) is 7.74. The molecular formula is C14H15N3OS. The van der Waals surface area contributed by atoms with Gasteiger partial charge in [-0.25, -0.2) is 4.79 Å². The first-order valence-corrected chi connectivity index (χ1v) is 6.80. The number of hydrogen-bond acceptors (Lipinski definition) is 4. The fourth-order valence-electron chi connectivity index (χ4n) is 1.83. The topological polar surface area (TPSA) is 60.9 Å². The lowest BCUT2D eigenvalue weighted by Gasteiger charge is -2.08. The quantitative estimate of drug-likeness (QED) is 0.839. The molecule has 2 aromatic rings. The highest BCUT2D eigenvalue weighted by molar-refractivity contribution is 7.10. The highest BCUT2D eigenvalue weighted by Crippen LogP contribution is 2.17. The summed E-state index contributed by atoms with van der Waals surface area (Å²) in [6.07, 6.45) is 0. The number of rotatable bonds is 2. The Bertz CT molecular complexity index is 703. The van der Waals surface area contributed by atoms with E-state index in [-0.39, 0.29) is 5.69 Å². The van der Waals surface area contributed by atoms with Crippen molar-refractivity contribution in [3.63, 3.8) is 0 Å². The largest absolute Gasteiger partial charge is 0.348 e. The number of aromatic nitrogens is 2. The van der Waals surface area contributed by atoms with Crippen molar-refractivity contribution in [1.82, 2.24) is 9.55 Å². The van der Waals surface area contributed by atoms with Crippen LogP contribution in [0.25, 0.3) is 0 Å². The van der Waals surface area contributed by atoms with Gasteiger partial charge in [0.1, 0.15) is 0 Å². The van der Waals surface area contributed by atoms with Crippen molar-refractivity contribution in [2.75, 3.05) is 6.54 Å². The van der Waals surface area contributed by atoms with E-state index < -0.39 is 0 Å². The second-order valence-electron chi connectivity index (χ2n) is 4.17. The van der Waals surface area contributed by atoms with Gasteiger partial charge in [-0.15, -0.1) is 11.3 Å². The summed E-state index contributed by atoms with van der Waals surface area (Å²) in [5, 5.41) is 1.97. The molecule has 0 unspecified atom stereocenters. The molecule has 19 heavy (non-hydrogen) atoms. The normalized spacial score (nSPS) is 10.1. The van der Waals surface area contributed by atoms with Crippen molar-refractivity contribution in [3.8, 4) is 11.8 Å². The van der Waals surface area contributed by atoms with Gasteiger partial charge in [-0.1, -0.05) is 11.8 Å². The van der Waals surface area contributed by atoms with Crippen LogP contribution < -0.4 is 11.4 Å². The lowest BCUT2D eigenvalue weighted by Crippen LogP contribution is -2.26. The van der Waals surface area contributed by atoms with E-state index in [4.69, 9.17) is 5.73 Å². The predicted molar refractivity (Wildman–Crippen MR) is 77.3 cm³/mol. The Balaban J connectivity index is 2.37. The van der Waals surface area contributed by atoms with Crippen LogP contribution in [0, 0.1) is 25.7 Å². The maximum absolute atomic E-state index is 11.9. The zero-order chi connectivity index (χ0) is 13.8. The van der Waals surface area contributed by atoms with E-state index in [2.05, 4.69) is 16.8 Å². The van der Waals surface area contributed by atoms with E-state index in [0.29, 0.717) is 13.1 Å². The van der Waals surface area contributed by atoms with Crippen molar-refractivity contribution in [1.29, 1.82) is 0 Å². The second kappa shape index (κ2) is 5.83. The highest BCUT2D eigenvalue weighted by atomic mass is 32.1. The highest BCUT2D eigenvalue weighted by Gasteiger charge is 2.07. The van der Waals surface area contributed by atoms with Crippen LogP contribution >= 0.6 is 11.3 Å². The van der Waals surface area contributed by atoms with Gasteiger partial charge in [0, 0.05) is 21.8 Å². The number of thiophene rings is 1. The van der Waals surface area contributed by atoms with Crippen LogP contribution in [0.5, 0.6) is 0 Å². The summed E-state index contributed by atoms with van der Waals surface area (Å²) in [6, 6.07) is 3.85. The van der Waals surface area contributed by atoms with Gasteiger partial charge >= 0.3 is 5.69 Å². The number of nitrogens with zero attached hydrogens (tertiary/aromatic N) is 2. The van der Waals surface area contributed by atoms with Crippen LogP contribution in [0.4, 0.5) is 0 Å². The lowest BCUT2D eigenvalue weighted by atomic mass is 10.2. The number of aryl methyl sites for hydroxylation is 2. The van der Waals surface area contributed by atoms with Crippen molar-refractivity contribution >= 4 is 11.3 Å². The summed E-state index contributed by atoms with van der Waals surface area (Å²) in [7, 11) is 0. The molecule has 2 aromatic heterocycles. The molecule has 0 amide bonds. The summed E-state index contributed by atoms with van der Waals surface area (Å²) < 4.78 is 1.66. The molecule has 4 nitrogen and oxygen atoms in total. The zero-order valence-corrected chi connectivity index (χ0v) is 11.8. The van der Waals surface area contributed by atoms with Crippen LogP contribution in [-0.4, -0.2) is 16.1 Å². The Morgan fingerprint density at radius 3 is 2.95 bits per heavy atom. The summed E-state index contributed by atoms with van der Waals surface area (Å²) in [5.74, 6) is 5.86. The predicted octanol–water partition coefficient (Wildman–Crippen LogP) is 1.28. The third-order valence-electron chi connectivity index (χ3n) is 2.72. The maximum atomic E-state index is 11.9. The molecule has 0 aliphatic heterocycles. The average molecular weight is 273 g/mol. The van der Waals surface area contributed by atoms with Crippen LogP contribution in [0.2, 0.25) is 0 Å². The van der Waals surface area contributed by atoms with Gasteiger partial charge in [0.05, 0.1) is 13.1 Å². The molecule has 0 saturated heterocycles. The zero-order valence-electron chi connectivity index (χ0n) is 10.9. The summed E-state index contributed by atoms with van der Waals surface area (Å²) in [6.45, 7) is 4.57. The van der Waals surface area contributed by atoms with E-state index in [1.165, 1.54) is 0 Å². The van der Waals surface area contributed by atoms with Gasteiger partial charge in [0.15, 0.2) is 0 Å². The molecule has 2 heterocycles. The molecule has 0 spiro atoms. The fourth-order valence-corrected chi connectivity index (χ4v) is 2.65. The molecule has 0 aromatic carbocycles. The van der Waals surface area contributed by atoms with Gasteiger partial charge < -0.3 is 5.73 Å². The monoisotopic (exact) mass is 273 g/mol. The van der Waals surface area contributed by atoms with Crippen molar-refractivity contribution in [2.45, 2.75) is 20.4 Å². The second-order valence-corrected chi connectivity index (χ2v) is 5.17. The molecule has 0 radical (unpaired) electrons. The van der Waals surface area contributed by atoms with Crippen molar-refractivity contribution < 1.29 is 0 Å². The van der Waals surface area contributed by atoms with Crippen LogP contribution in [0.15, 0.2) is 22.3 Å². The van der Waals surface area contributed by atoms with Gasteiger partial charge in [-0.3, -0.25) is 4.57 Å². The molecular weight excluding hydrogens is 258 g/mol. The van der Waals surface area contributed by atoms with Gasteiger partial charge in [-0.2, -0.15) is 4.98 Å². The molecule has 0 aliphatic rings. The Morgan fingerprint density at radius 1 is 1.47 bits per heavy atom. The van der Waals surface area contributed by atoms with Crippen molar-refractivity contribution in [2.24, 2.45) is 5.73 Å². The molecule has 0 aliphatic carbocycles. The van der Waals surface area contributed by atoms with E-state index in [0.717, 1.165) is 21.8 Å². The number of hydrogen-bond donors (Lipinski definition) is 1. The van der Waals surface area contributed by atoms with E-state index in [9.17, 15) is 4.79 Å². The SMILES string of the molecule is Cc1cc(C)n(Cc2sccc2C#CCN)c(=O)n1. The minimum absolute atomic E-state index is 0.219. The van der Waals surface area contributed by atoms with E-state index in [1.807, 2.05) is 31.4 Å². The van der Waals surface area contributed by atoms with E-state index >= 15 is 0 Å². The first-order valence-electron chi connectivity index (χ1n) is 5.92. The Kier molecular flexibility index (Phi) is 4.15. The molecule has 5 heteroatoms. The van der Waals surface area contributed by atoms with Gasteiger partial charge in [0.2, 0.25) is 0 Å². The molecule has 98 valence electrons. The smallest absolute Gasteiger partial charge is 0.320 e. The maximum Gasteiger partial charge on any atom is 0.348 e. The lowest BCUT2D eigenvalue weighted by molar-refractivity contribution is 0.700. The molecule has 0 saturated carbocycles. The van der Waals surface area contributed by atoms with Crippen LogP contribution in [0.1, 0.15) is 21.8 Å². The Labute approximate surface area is 115 Å². The van der Waals surface area contributed by atoms with Crippen LogP contribution in [-0.2, 0) is 6.54 Å². The Hall–Kier alpha value is -1.90. The Morgan fingerprint density at radius 2 is 2.26 bits per heavy atom. The molecule has 2 rings (SSSR count). The standard InChI is InChI=1S/C14H15N3OS/c1-10-8-11(2)17(14(18)16-10)9-13-12(4-3-6-15)5-7-19-13/h5,7-8H,6,9,15H2,1-2H3. The van der Waals surface area contributed by atoms with Crippen molar-refractivity contribution in [3.05, 3.63) is 49.8 Å².